The molecule has 4 nitrogen and oxygen atoms in total. The molecule has 1 heterocycles. The number of amides is 1. The van der Waals surface area contributed by atoms with Crippen LogP contribution in [-0.4, -0.2) is 16.1 Å². The van der Waals surface area contributed by atoms with Crippen LogP contribution in [0.15, 0.2) is 6.20 Å². The van der Waals surface area contributed by atoms with E-state index in [-0.39, 0.29) is 5.69 Å². The van der Waals surface area contributed by atoms with Crippen LogP contribution in [0.3, 0.4) is 0 Å². The van der Waals surface area contributed by atoms with Crippen molar-refractivity contribution < 1.29 is 4.79 Å². The molecule has 0 saturated heterocycles. The van der Waals surface area contributed by atoms with Gasteiger partial charge in [-0.15, -0.1) is 5.10 Å². The first kappa shape index (κ1) is 7.65. The summed E-state index contributed by atoms with van der Waals surface area (Å²) in [6.45, 7) is 3.65. The van der Waals surface area contributed by atoms with E-state index in [1.165, 1.54) is 0 Å². The summed E-state index contributed by atoms with van der Waals surface area (Å²) in [4.78, 5) is 10.7. The van der Waals surface area contributed by atoms with E-state index in [2.05, 4.69) is 10.2 Å². The largest absolute Gasteiger partial charge is 0.364 e. The first-order chi connectivity index (χ1) is 5.13. The third-order valence-electron chi connectivity index (χ3n) is 1.59. The van der Waals surface area contributed by atoms with Gasteiger partial charge in [-0.05, 0) is 25.0 Å². The first-order valence-electron chi connectivity index (χ1n) is 3.21. The molecular weight excluding hydrogens is 142 g/mol. The number of carbonyl (C=O) groups excluding carboxylic acids is 1. The average molecular weight is 151 g/mol. The van der Waals surface area contributed by atoms with Crippen molar-refractivity contribution in [3.05, 3.63) is 23.0 Å². The monoisotopic (exact) mass is 151 g/mol. The van der Waals surface area contributed by atoms with Gasteiger partial charge in [0.2, 0.25) is 0 Å². The minimum Gasteiger partial charge on any atom is -0.364 e. The van der Waals surface area contributed by atoms with Gasteiger partial charge in [-0.25, -0.2) is 0 Å². The van der Waals surface area contributed by atoms with Crippen LogP contribution in [0.4, 0.5) is 0 Å². The Morgan fingerprint density at radius 1 is 1.55 bits per heavy atom. The standard InChI is InChI=1S/C7H9N3O/c1-4-3-9-10-6(5(4)2)7(8)11/h3H,1-2H3,(H2,8,11). The van der Waals surface area contributed by atoms with E-state index in [1.54, 1.807) is 13.1 Å². The number of nitrogens with two attached hydrogens (primary N) is 1. The summed E-state index contributed by atoms with van der Waals surface area (Å²) >= 11 is 0. The molecule has 0 radical (unpaired) electrons. The van der Waals surface area contributed by atoms with Gasteiger partial charge in [-0.2, -0.15) is 5.10 Å². The van der Waals surface area contributed by atoms with Crippen molar-refractivity contribution in [2.24, 2.45) is 5.73 Å². The van der Waals surface area contributed by atoms with Crippen molar-refractivity contribution in [3.8, 4) is 0 Å². The number of aromatic nitrogens is 2. The van der Waals surface area contributed by atoms with Crippen LogP contribution in [0.2, 0.25) is 0 Å². The SMILES string of the molecule is Cc1cnnc(C(N)=O)c1C. The molecule has 1 rings (SSSR count). The Hall–Kier alpha value is -1.45. The maximum Gasteiger partial charge on any atom is 0.269 e. The highest BCUT2D eigenvalue weighted by atomic mass is 16.1. The maximum absolute atomic E-state index is 10.7. The summed E-state index contributed by atoms with van der Waals surface area (Å²) in [6.07, 6.45) is 1.60. The molecule has 0 atom stereocenters. The second-order valence-electron chi connectivity index (χ2n) is 2.37. The van der Waals surface area contributed by atoms with Gasteiger partial charge in [0.1, 0.15) is 0 Å². The topological polar surface area (TPSA) is 68.9 Å². The summed E-state index contributed by atoms with van der Waals surface area (Å²) in [5.74, 6) is -0.529. The lowest BCUT2D eigenvalue weighted by Gasteiger charge is -2.00. The summed E-state index contributed by atoms with van der Waals surface area (Å²) in [5.41, 5.74) is 7.02. The molecule has 0 aliphatic heterocycles. The fourth-order valence-corrected chi connectivity index (χ4v) is 0.766. The van der Waals surface area contributed by atoms with Gasteiger partial charge in [-0.3, -0.25) is 4.79 Å². The zero-order valence-electron chi connectivity index (χ0n) is 6.46. The molecule has 0 aliphatic rings. The molecule has 1 amide bonds. The molecule has 0 aromatic carbocycles. The maximum atomic E-state index is 10.7. The van der Waals surface area contributed by atoms with Crippen molar-refractivity contribution in [2.75, 3.05) is 0 Å². The number of primary amides is 1. The molecule has 1 aromatic heterocycles. The van der Waals surface area contributed by atoms with Crippen molar-refractivity contribution in [1.29, 1.82) is 0 Å². The van der Waals surface area contributed by atoms with E-state index in [1.807, 2.05) is 6.92 Å². The van der Waals surface area contributed by atoms with Crippen molar-refractivity contribution in [1.82, 2.24) is 10.2 Å². The fraction of sp³-hybridized carbons (Fsp3) is 0.286. The molecule has 4 heteroatoms. The summed E-state index contributed by atoms with van der Waals surface area (Å²) in [6, 6.07) is 0. The molecule has 1 aromatic rings. The van der Waals surface area contributed by atoms with Crippen LogP contribution in [0.1, 0.15) is 21.6 Å². The third-order valence-corrected chi connectivity index (χ3v) is 1.59. The normalized spacial score (nSPS) is 9.64. The quantitative estimate of drug-likeness (QED) is 0.623. The number of hydrogen-bond donors (Lipinski definition) is 1. The Morgan fingerprint density at radius 3 is 2.64 bits per heavy atom. The molecule has 0 fully saturated rings. The highest BCUT2D eigenvalue weighted by Gasteiger charge is 2.07. The molecule has 11 heavy (non-hydrogen) atoms. The number of aryl methyl sites for hydroxylation is 1. The second-order valence-corrected chi connectivity index (χ2v) is 2.37. The van der Waals surface area contributed by atoms with Crippen LogP contribution in [0, 0.1) is 13.8 Å². The molecule has 0 spiro atoms. The Kier molecular flexibility index (Phi) is 1.85. The van der Waals surface area contributed by atoms with Crippen LogP contribution in [-0.2, 0) is 0 Å². The molecule has 0 bridgehead atoms. The van der Waals surface area contributed by atoms with E-state index < -0.39 is 5.91 Å². The Bertz CT molecular complexity index is 296. The van der Waals surface area contributed by atoms with Gasteiger partial charge in [-0.1, -0.05) is 0 Å². The lowest BCUT2D eigenvalue weighted by molar-refractivity contribution is 0.0994. The van der Waals surface area contributed by atoms with Crippen LogP contribution in [0.25, 0.3) is 0 Å². The average Bonchev–Trinajstić information content (AvgIpc) is 1.94. The Labute approximate surface area is 64.4 Å². The minimum absolute atomic E-state index is 0.255. The lowest BCUT2D eigenvalue weighted by atomic mass is 10.1. The smallest absolute Gasteiger partial charge is 0.269 e. The van der Waals surface area contributed by atoms with Gasteiger partial charge in [0.05, 0.1) is 6.20 Å². The van der Waals surface area contributed by atoms with E-state index in [0.717, 1.165) is 11.1 Å². The van der Waals surface area contributed by atoms with Crippen LogP contribution < -0.4 is 5.73 Å². The zero-order chi connectivity index (χ0) is 8.43. The molecule has 0 unspecified atom stereocenters. The van der Waals surface area contributed by atoms with Gasteiger partial charge in [0, 0.05) is 0 Å². The van der Waals surface area contributed by atoms with Gasteiger partial charge >= 0.3 is 0 Å². The fourth-order valence-electron chi connectivity index (χ4n) is 0.766. The van der Waals surface area contributed by atoms with Crippen LogP contribution in [0.5, 0.6) is 0 Å². The summed E-state index contributed by atoms with van der Waals surface area (Å²) in [5, 5.41) is 7.23. The summed E-state index contributed by atoms with van der Waals surface area (Å²) < 4.78 is 0. The van der Waals surface area contributed by atoms with E-state index in [4.69, 9.17) is 5.73 Å². The molecule has 0 aliphatic carbocycles. The van der Waals surface area contributed by atoms with Crippen molar-refractivity contribution in [2.45, 2.75) is 13.8 Å². The van der Waals surface area contributed by atoms with Crippen LogP contribution >= 0.6 is 0 Å². The minimum atomic E-state index is -0.529. The van der Waals surface area contributed by atoms with E-state index in [0.29, 0.717) is 0 Å². The van der Waals surface area contributed by atoms with Gasteiger partial charge < -0.3 is 5.73 Å². The summed E-state index contributed by atoms with van der Waals surface area (Å²) in [7, 11) is 0. The first-order valence-corrected chi connectivity index (χ1v) is 3.21. The Morgan fingerprint density at radius 2 is 2.18 bits per heavy atom. The number of carbonyl (C=O) groups is 1. The molecule has 2 N–H and O–H groups in total. The number of nitrogens with zero attached hydrogens (tertiary/aromatic N) is 2. The Balaban J connectivity index is 3.27. The highest BCUT2D eigenvalue weighted by Crippen LogP contribution is 2.06. The number of hydrogen-bond acceptors (Lipinski definition) is 3. The van der Waals surface area contributed by atoms with E-state index in [9.17, 15) is 4.79 Å². The molecule has 58 valence electrons. The van der Waals surface area contributed by atoms with Gasteiger partial charge in [0.25, 0.3) is 5.91 Å². The van der Waals surface area contributed by atoms with E-state index >= 15 is 0 Å². The van der Waals surface area contributed by atoms with Gasteiger partial charge in [0.15, 0.2) is 5.69 Å². The second kappa shape index (κ2) is 2.65. The van der Waals surface area contributed by atoms with Crippen molar-refractivity contribution >= 4 is 5.91 Å². The lowest BCUT2D eigenvalue weighted by Crippen LogP contribution is -2.16. The van der Waals surface area contributed by atoms with Crippen molar-refractivity contribution in [3.63, 3.8) is 0 Å². The molecular formula is C7H9N3O. The number of rotatable bonds is 1. The highest BCUT2D eigenvalue weighted by molar-refractivity contribution is 5.92. The predicted molar refractivity (Wildman–Crippen MR) is 40.0 cm³/mol. The predicted octanol–water partition coefficient (Wildman–Crippen LogP) is 0.192. The molecule has 0 saturated carbocycles. The zero-order valence-corrected chi connectivity index (χ0v) is 6.46. The third kappa shape index (κ3) is 1.34.